The van der Waals surface area contributed by atoms with Gasteiger partial charge in [0.1, 0.15) is 0 Å². The molecule has 2 unspecified atom stereocenters. The summed E-state index contributed by atoms with van der Waals surface area (Å²) in [5.74, 6) is 0.733. The highest BCUT2D eigenvalue weighted by atomic mass is 16.5. The van der Waals surface area contributed by atoms with Gasteiger partial charge in [-0.15, -0.1) is 0 Å². The lowest BCUT2D eigenvalue weighted by Crippen LogP contribution is -2.49. The number of rotatable bonds is 1. The third kappa shape index (κ3) is 2.27. The van der Waals surface area contributed by atoms with Gasteiger partial charge < -0.3 is 9.84 Å². The van der Waals surface area contributed by atoms with Crippen LogP contribution in [-0.4, -0.2) is 48.5 Å². The third-order valence-corrected chi connectivity index (χ3v) is 3.64. The maximum atomic E-state index is 9.67. The van der Waals surface area contributed by atoms with E-state index in [1.54, 1.807) is 0 Å². The van der Waals surface area contributed by atoms with Crippen molar-refractivity contribution in [2.75, 3.05) is 26.3 Å². The van der Waals surface area contributed by atoms with Crippen LogP contribution in [0.4, 0.5) is 0 Å². The standard InChI is InChI=1S/C11H21NO2/c1-9-2-3-10(13)8-11(9)12-4-6-14-7-5-12/h9-11,13H,2-8H2,1H3/t9?,10-,11?/m0/s1. The molecule has 1 aliphatic heterocycles. The largest absolute Gasteiger partial charge is 0.393 e. The first-order chi connectivity index (χ1) is 6.77. The van der Waals surface area contributed by atoms with Crippen LogP contribution in [0, 0.1) is 5.92 Å². The molecule has 0 amide bonds. The average Bonchev–Trinajstić information content (AvgIpc) is 2.23. The summed E-state index contributed by atoms with van der Waals surface area (Å²) >= 11 is 0. The van der Waals surface area contributed by atoms with E-state index in [9.17, 15) is 5.11 Å². The van der Waals surface area contributed by atoms with Crippen molar-refractivity contribution in [2.45, 2.75) is 38.3 Å². The van der Waals surface area contributed by atoms with Crippen molar-refractivity contribution in [3.8, 4) is 0 Å². The normalized spacial score (nSPS) is 41.1. The first kappa shape index (κ1) is 10.4. The van der Waals surface area contributed by atoms with Crippen LogP contribution in [0.5, 0.6) is 0 Å². The van der Waals surface area contributed by atoms with Gasteiger partial charge in [-0.1, -0.05) is 6.92 Å². The molecule has 0 radical (unpaired) electrons. The maximum absolute atomic E-state index is 9.67. The number of nitrogens with zero attached hydrogens (tertiary/aromatic N) is 1. The van der Waals surface area contributed by atoms with Crippen LogP contribution in [-0.2, 0) is 4.74 Å². The van der Waals surface area contributed by atoms with Gasteiger partial charge in [0.05, 0.1) is 19.3 Å². The van der Waals surface area contributed by atoms with Crippen LogP contribution in [0.15, 0.2) is 0 Å². The Morgan fingerprint density at radius 1 is 1.21 bits per heavy atom. The van der Waals surface area contributed by atoms with E-state index >= 15 is 0 Å². The number of morpholine rings is 1. The number of aliphatic hydroxyl groups excluding tert-OH is 1. The molecule has 3 atom stereocenters. The molecule has 82 valence electrons. The van der Waals surface area contributed by atoms with Crippen LogP contribution in [0.1, 0.15) is 26.2 Å². The Labute approximate surface area is 86.0 Å². The number of hydrogen-bond donors (Lipinski definition) is 1. The number of aliphatic hydroxyl groups is 1. The number of hydrogen-bond acceptors (Lipinski definition) is 3. The van der Waals surface area contributed by atoms with Gasteiger partial charge in [0, 0.05) is 19.1 Å². The summed E-state index contributed by atoms with van der Waals surface area (Å²) in [7, 11) is 0. The lowest BCUT2D eigenvalue weighted by atomic mass is 9.83. The molecule has 3 nitrogen and oxygen atoms in total. The van der Waals surface area contributed by atoms with Crippen molar-refractivity contribution < 1.29 is 9.84 Å². The quantitative estimate of drug-likeness (QED) is 0.680. The summed E-state index contributed by atoms with van der Waals surface area (Å²) in [6, 6.07) is 0.586. The first-order valence-corrected chi connectivity index (χ1v) is 5.77. The van der Waals surface area contributed by atoms with Gasteiger partial charge in [-0.3, -0.25) is 4.90 Å². The second-order valence-electron chi connectivity index (χ2n) is 4.66. The molecule has 2 fully saturated rings. The van der Waals surface area contributed by atoms with Crippen LogP contribution < -0.4 is 0 Å². The lowest BCUT2D eigenvalue weighted by Gasteiger charge is -2.41. The molecular formula is C11H21NO2. The fourth-order valence-corrected chi connectivity index (χ4v) is 2.69. The molecule has 0 bridgehead atoms. The summed E-state index contributed by atoms with van der Waals surface area (Å²) < 4.78 is 5.35. The molecule has 1 saturated carbocycles. The first-order valence-electron chi connectivity index (χ1n) is 5.77. The van der Waals surface area contributed by atoms with E-state index in [0.29, 0.717) is 6.04 Å². The van der Waals surface area contributed by atoms with Gasteiger partial charge in [0.15, 0.2) is 0 Å². The molecular weight excluding hydrogens is 178 g/mol. The molecule has 0 aromatic rings. The predicted octanol–water partition coefficient (Wildman–Crippen LogP) is 0.868. The van der Waals surface area contributed by atoms with Gasteiger partial charge in [0.2, 0.25) is 0 Å². The molecule has 14 heavy (non-hydrogen) atoms. The zero-order chi connectivity index (χ0) is 9.97. The second-order valence-corrected chi connectivity index (χ2v) is 4.66. The molecule has 1 aliphatic carbocycles. The van der Waals surface area contributed by atoms with E-state index < -0.39 is 0 Å². The molecule has 1 saturated heterocycles. The summed E-state index contributed by atoms with van der Waals surface area (Å²) in [6.07, 6.45) is 3.05. The molecule has 2 aliphatic rings. The number of ether oxygens (including phenoxy) is 1. The molecule has 0 aromatic carbocycles. The zero-order valence-electron chi connectivity index (χ0n) is 8.98. The Morgan fingerprint density at radius 2 is 1.93 bits per heavy atom. The molecule has 0 spiro atoms. The average molecular weight is 199 g/mol. The fraction of sp³-hybridized carbons (Fsp3) is 1.00. The van der Waals surface area contributed by atoms with Gasteiger partial charge in [-0.2, -0.15) is 0 Å². The minimum atomic E-state index is -0.0703. The van der Waals surface area contributed by atoms with E-state index in [1.165, 1.54) is 6.42 Å². The van der Waals surface area contributed by atoms with E-state index in [2.05, 4.69) is 11.8 Å². The predicted molar refractivity (Wildman–Crippen MR) is 55.2 cm³/mol. The Balaban J connectivity index is 1.92. The second kappa shape index (κ2) is 4.60. The van der Waals surface area contributed by atoms with Gasteiger partial charge in [-0.25, -0.2) is 0 Å². The zero-order valence-corrected chi connectivity index (χ0v) is 8.98. The van der Waals surface area contributed by atoms with Crippen molar-refractivity contribution >= 4 is 0 Å². The Kier molecular flexibility index (Phi) is 3.42. The van der Waals surface area contributed by atoms with Crippen molar-refractivity contribution in [3.63, 3.8) is 0 Å². The van der Waals surface area contributed by atoms with Gasteiger partial charge in [-0.05, 0) is 25.2 Å². The van der Waals surface area contributed by atoms with E-state index in [0.717, 1.165) is 45.1 Å². The summed E-state index contributed by atoms with van der Waals surface area (Å²) in [6.45, 7) is 6.12. The third-order valence-electron chi connectivity index (χ3n) is 3.64. The van der Waals surface area contributed by atoms with Crippen LogP contribution in [0.2, 0.25) is 0 Å². The highest BCUT2D eigenvalue weighted by Gasteiger charge is 2.31. The highest BCUT2D eigenvalue weighted by Crippen LogP contribution is 2.28. The van der Waals surface area contributed by atoms with Crippen molar-refractivity contribution in [1.82, 2.24) is 4.90 Å². The Hall–Kier alpha value is -0.120. The topological polar surface area (TPSA) is 32.7 Å². The summed E-state index contributed by atoms with van der Waals surface area (Å²) in [5.41, 5.74) is 0. The van der Waals surface area contributed by atoms with Crippen LogP contribution >= 0.6 is 0 Å². The smallest absolute Gasteiger partial charge is 0.0594 e. The van der Waals surface area contributed by atoms with Crippen molar-refractivity contribution in [3.05, 3.63) is 0 Å². The van der Waals surface area contributed by atoms with Crippen molar-refractivity contribution in [1.29, 1.82) is 0 Å². The molecule has 2 rings (SSSR count). The van der Waals surface area contributed by atoms with Crippen LogP contribution in [0.25, 0.3) is 0 Å². The highest BCUT2D eigenvalue weighted by molar-refractivity contribution is 4.85. The van der Waals surface area contributed by atoms with Crippen molar-refractivity contribution in [2.24, 2.45) is 5.92 Å². The van der Waals surface area contributed by atoms with E-state index in [1.807, 2.05) is 0 Å². The summed E-state index contributed by atoms with van der Waals surface area (Å²) in [4.78, 5) is 2.50. The lowest BCUT2D eigenvalue weighted by molar-refractivity contribution is -0.0267. The Morgan fingerprint density at radius 3 is 2.64 bits per heavy atom. The van der Waals surface area contributed by atoms with E-state index in [-0.39, 0.29) is 6.10 Å². The monoisotopic (exact) mass is 199 g/mol. The minimum absolute atomic E-state index is 0.0703. The molecule has 3 heteroatoms. The van der Waals surface area contributed by atoms with Gasteiger partial charge in [0.25, 0.3) is 0 Å². The van der Waals surface area contributed by atoms with Gasteiger partial charge >= 0.3 is 0 Å². The summed E-state index contributed by atoms with van der Waals surface area (Å²) in [5, 5.41) is 9.67. The molecule has 0 aromatic heterocycles. The fourth-order valence-electron chi connectivity index (χ4n) is 2.69. The van der Waals surface area contributed by atoms with Crippen LogP contribution in [0.3, 0.4) is 0 Å². The minimum Gasteiger partial charge on any atom is -0.393 e. The molecule has 1 N–H and O–H groups in total. The maximum Gasteiger partial charge on any atom is 0.0594 e. The SMILES string of the molecule is CC1CC[C@H](O)CC1N1CCOCC1. The Bertz CT molecular complexity index is 180. The van der Waals surface area contributed by atoms with E-state index in [4.69, 9.17) is 4.74 Å². The molecule has 1 heterocycles.